The highest BCUT2D eigenvalue weighted by Gasteiger charge is 2.24. The molecule has 202 valence electrons. The number of ether oxygens (including phenoxy) is 3. The zero-order valence-electron chi connectivity index (χ0n) is 22.4. The van der Waals surface area contributed by atoms with Crippen LogP contribution in [0.1, 0.15) is 16.7 Å². The Morgan fingerprint density at radius 1 is 1.03 bits per heavy atom. The van der Waals surface area contributed by atoms with Crippen molar-refractivity contribution in [2.24, 2.45) is 0 Å². The van der Waals surface area contributed by atoms with E-state index in [-0.39, 0.29) is 6.04 Å². The molecule has 2 N–H and O–H groups in total. The number of aryl methyl sites for hydroxylation is 2. The van der Waals surface area contributed by atoms with Crippen LogP contribution in [0.5, 0.6) is 11.5 Å². The summed E-state index contributed by atoms with van der Waals surface area (Å²) in [5.74, 6) is 1.81. The van der Waals surface area contributed by atoms with E-state index in [0.29, 0.717) is 35.6 Å². The molecule has 9 heteroatoms. The normalized spacial score (nSPS) is 15.6. The number of nitrogens with zero attached hydrogens (tertiary/aromatic N) is 3. The summed E-state index contributed by atoms with van der Waals surface area (Å²) < 4.78 is 17.8. The maximum atomic E-state index is 6.30. The van der Waals surface area contributed by atoms with Crippen LogP contribution in [-0.4, -0.2) is 59.5 Å². The third kappa shape index (κ3) is 6.44. The van der Waals surface area contributed by atoms with E-state index in [9.17, 15) is 0 Å². The first kappa shape index (κ1) is 26.8. The molecule has 1 fully saturated rings. The highest BCUT2D eigenvalue weighted by molar-refractivity contribution is 7.80. The quantitative estimate of drug-likeness (QED) is 0.286. The summed E-state index contributed by atoms with van der Waals surface area (Å²) in [6.45, 7) is 7.60. The highest BCUT2D eigenvalue weighted by Crippen LogP contribution is 2.34. The van der Waals surface area contributed by atoms with Crippen LogP contribution in [0.15, 0.2) is 67.0 Å². The molecule has 0 spiro atoms. The number of thiocarbonyl (C=S) groups is 1. The van der Waals surface area contributed by atoms with Crippen molar-refractivity contribution in [1.82, 2.24) is 14.9 Å². The smallest absolute Gasteiger partial charge is 0.176 e. The van der Waals surface area contributed by atoms with Crippen LogP contribution in [0.3, 0.4) is 0 Å². The van der Waals surface area contributed by atoms with Gasteiger partial charge >= 0.3 is 0 Å². The molecule has 8 nitrogen and oxygen atoms in total. The zero-order valence-corrected chi connectivity index (χ0v) is 23.3. The van der Waals surface area contributed by atoms with Crippen molar-refractivity contribution >= 4 is 39.7 Å². The summed E-state index contributed by atoms with van der Waals surface area (Å²) in [5.41, 5.74) is 5.20. The van der Waals surface area contributed by atoms with E-state index in [1.54, 1.807) is 7.11 Å². The first-order chi connectivity index (χ1) is 19.0. The van der Waals surface area contributed by atoms with Gasteiger partial charge in [-0.2, -0.15) is 0 Å². The molecule has 0 radical (unpaired) electrons. The molecule has 0 aliphatic carbocycles. The number of hydrogen-bond donors (Lipinski definition) is 2. The largest absolute Gasteiger partial charge is 0.493 e. The van der Waals surface area contributed by atoms with Gasteiger partial charge in [-0.1, -0.05) is 48.5 Å². The SMILES string of the molecule is COc1cc2c(NC(=S)Nc3c(C)cccc3C)ncnc2cc1OCC1COCCN1Cc1ccccc1. The zero-order chi connectivity index (χ0) is 27.2. The Morgan fingerprint density at radius 2 is 1.82 bits per heavy atom. The van der Waals surface area contributed by atoms with E-state index >= 15 is 0 Å². The summed E-state index contributed by atoms with van der Waals surface area (Å²) in [7, 11) is 1.63. The van der Waals surface area contributed by atoms with Crippen LogP contribution in [0.25, 0.3) is 10.9 Å². The van der Waals surface area contributed by atoms with Crippen LogP contribution in [0, 0.1) is 13.8 Å². The van der Waals surface area contributed by atoms with Gasteiger partial charge in [-0.15, -0.1) is 0 Å². The summed E-state index contributed by atoms with van der Waals surface area (Å²) >= 11 is 5.60. The van der Waals surface area contributed by atoms with Gasteiger partial charge in [-0.3, -0.25) is 4.90 Å². The second kappa shape index (κ2) is 12.4. The van der Waals surface area contributed by atoms with Crippen molar-refractivity contribution in [3.63, 3.8) is 0 Å². The Labute approximate surface area is 234 Å². The average molecular weight is 544 g/mol. The second-order valence-electron chi connectivity index (χ2n) is 9.58. The van der Waals surface area contributed by atoms with E-state index in [4.69, 9.17) is 26.4 Å². The van der Waals surface area contributed by atoms with Gasteiger partial charge in [0.1, 0.15) is 18.8 Å². The van der Waals surface area contributed by atoms with Gasteiger partial charge in [-0.25, -0.2) is 9.97 Å². The first-order valence-electron chi connectivity index (χ1n) is 13.0. The van der Waals surface area contributed by atoms with Gasteiger partial charge in [0.05, 0.1) is 31.9 Å². The van der Waals surface area contributed by atoms with Gasteiger partial charge in [0.25, 0.3) is 0 Å². The lowest BCUT2D eigenvalue weighted by Crippen LogP contribution is -2.48. The molecule has 1 unspecified atom stereocenters. The van der Waals surface area contributed by atoms with Crippen LogP contribution in [0.4, 0.5) is 11.5 Å². The molecule has 0 saturated carbocycles. The fourth-order valence-corrected chi connectivity index (χ4v) is 4.95. The number of fused-ring (bicyclic) bond motifs is 1. The topological polar surface area (TPSA) is 80.8 Å². The number of hydrogen-bond acceptors (Lipinski definition) is 7. The lowest BCUT2D eigenvalue weighted by Gasteiger charge is -2.35. The number of morpholine rings is 1. The maximum Gasteiger partial charge on any atom is 0.176 e. The van der Waals surface area contributed by atoms with E-state index < -0.39 is 0 Å². The van der Waals surface area contributed by atoms with Gasteiger partial charge < -0.3 is 24.8 Å². The number of anilines is 2. The van der Waals surface area contributed by atoms with E-state index in [2.05, 4.69) is 49.8 Å². The second-order valence-corrected chi connectivity index (χ2v) is 9.99. The number of para-hydroxylation sites is 1. The molecule has 0 bridgehead atoms. The van der Waals surface area contributed by atoms with E-state index in [0.717, 1.165) is 47.4 Å². The molecule has 39 heavy (non-hydrogen) atoms. The molecule has 1 aromatic heterocycles. The molecular weight excluding hydrogens is 510 g/mol. The molecule has 2 heterocycles. The molecular formula is C30H33N5O3S. The number of methoxy groups -OCH3 is 1. The van der Waals surface area contributed by atoms with Crippen LogP contribution < -0.4 is 20.1 Å². The third-order valence-electron chi connectivity index (χ3n) is 6.88. The van der Waals surface area contributed by atoms with Crippen molar-refractivity contribution in [2.45, 2.75) is 26.4 Å². The Hall–Kier alpha value is -3.79. The molecule has 4 aromatic rings. The summed E-state index contributed by atoms with van der Waals surface area (Å²) in [6, 6.07) is 20.5. The molecule has 0 amide bonds. The van der Waals surface area contributed by atoms with Crippen LogP contribution >= 0.6 is 12.2 Å². The Balaban J connectivity index is 1.31. The van der Waals surface area contributed by atoms with Crippen molar-refractivity contribution in [2.75, 3.05) is 44.1 Å². The minimum Gasteiger partial charge on any atom is -0.493 e. The number of benzene rings is 3. The first-order valence-corrected chi connectivity index (χ1v) is 13.4. The third-order valence-corrected chi connectivity index (χ3v) is 7.09. The van der Waals surface area contributed by atoms with E-state index in [1.165, 1.54) is 11.9 Å². The molecule has 5 rings (SSSR count). The minimum absolute atomic E-state index is 0.121. The van der Waals surface area contributed by atoms with Crippen LogP contribution in [0.2, 0.25) is 0 Å². The Bertz CT molecular complexity index is 1430. The fraction of sp³-hybridized carbons (Fsp3) is 0.300. The Morgan fingerprint density at radius 3 is 2.59 bits per heavy atom. The summed E-state index contributed by atoms with van der Waals surface area (Å²) in [5, 5.41) is 7.74. The van der Waals surface area contributed by atoms with Crippen molar-refractivity contribution in [3.05, 3.63) is 83.7 Å². The molecule has 3 aromatic carbocycles. The van der Waals surface area contributed by atoms with Gasteiger partial charge in [0.15, 0.2) is 16.6 Å². The van der Waals surface area contributed by atoms with Crippen molar-refractivity contribution < 1.29 is 14.2 Å². The Kier molecular flexibility index (Phi) is 8.51. The van der Waals surface area contributed by atoms with Crippen LogP contribution in [-0.2, 0) is 11.3 Å². The highest BCUT2D eigenvalue weighted by atomic mass is 32.1. The van der Waals surface area contributed by atoms with Gasteiger partial charge in [-0.05, 0) is 48.8 Å². The monoisotopic (exact) mass is 543 g/mol. The molecule has 1 aliphatic heterocycles. The predicted molar refractivity (Wildman–Crippen MR) is 159 cm³/mol. The standard InChI is InChI=1S/C30H33N5O3S/c1-20-8-7-9-21(2)28(20)33-30(39)34-29-24-14-26(36-3)27(15-25(24)31-19-32-29)38-18-23-17-37-13-12-35(23)16-22-10-5-4-6-11-22/h4-11,14-15,19,23H,12-13,16-18H2,1-3H3,(H2,31,32,33,34,39). The van der Waals surface area contributed by atoms with Crippen molar-refractivity contribution in [1.29, 1.82) is 0 Å². The van der Waals surface area contributed by atoms with Crippen molar-refractivity contribution in [3.8, 4) is 11.5 Å². The van der Waals surface area contributed by atoms with E-state index in [1.807, 2.05) is 50.2 Å². The molecule has 1 aliphatic rings. The molecule has 1 saturated heterocycles. The number of rotatable bonds is 8. The number of aromatic nitrogens is 2. The predicted octanol–water partition coefficient (Wildman–Crippen LogP) is 5.34. The minimum atomic E-state index is 0.121. The lowest BCUT2D eigenvalue weighted by atomic mass is 10.1. The maximum absolute atomic E-state index is 6.30. The van der Waals surface area contributed by atoms with Gasteiger partial charge in [0, 0.05) is 30.2 Å². The average Bonchev–Trinajstić information content (AvgIpc) is 2.95. The lowest BCUT2D eigenvalue weighted by molar-refractivity contribution is -0.0276. The molecule has 1 atom stereocenters. The summed E-state index contributed by atoms with van der Waals surface area (Å²) in [6.07, 6.45) is 1.51. The number of nitrogens with one attached hydrogen (secondary N) is 2. The summed E-state index contributed by atoms with van der Waals surface area (Å²) in [4.78, 5) is 11.3. The van der Waals surface area contributed by atoms with Gasteiger partial charge in [0.2, 0.25) is 0 Å². The fourth-order valence-electron chi connectivity index (χ4n) is 4.75.